The van der Waals surface area contributed by atoms with Crippen LogP contribution in [0.25, 0.3) is 0 Å². The van der Waals surface area contributed by atoms with Crippen molar-refractivity contribution in [3.63, 3.8) is 0 Å². The van der Waals surface area contributed by atoms with E-state index in [0.717, 1.165) is 0 Å². The standard InChI is InChI=1S/C13H19NO/c1-10(2)9-11(3)14-13(15)12-7-5-4-6-8-12/h4-8,10-11H,9H2,1-3H3,(H,14,15)/t11-/m1/s1/i3D3. The molecule has 1 aromatic carbocycles. The zero-order valence-electron chi connectivity index (χ0n) is 12.2. The molecule has 0 saturated carbocycles. The minimum Gasteiger partial charge on any atom is -0.350 e. The Balaban J connectivity index is 2.75. The number of rotatable bonds is 4. The molecule has 0 radical (unpaired) electrons. The van der Waals surface area contributed by atoms with E-state index in [2.05, 4.69) is 5.32 Å². The average Bonchev–Trinajstić information content (AvgIpc) is 2.27. The van der Waals surface area contributed by atoms with Crippen LogP contribution in [0.15, 0.2) is 30.3 Å². The summed E-state index contributed by atoms with van der Waals surface area (Å²) in [6, 6.07) is 7.85. The summed E-state index contributed by atoms with van der Waals surface area (Å²) in [5.74, 6) is -0.121. The number of carbonyl (C=O) groups is 1. The number of carbonyl (C=O) groups excluding carboxylic acids is 1. The average molecular weight is 208 g/mol. The lowest BCUT2D eigenvalue weighted by Crippen LogP contribution is -2.33. The van der Waals surface area contributed by atoms with Gasteiger partial charge in [0.25, 0.3) is 5.91 Å². The summed E-state index contributed by atoms with van der Waals surface area (Å²) in [5.41, 5.74) is 0.482. The highest BCUT2D eigenvalue weighted by Crippen LogP contribution is 2.05. The van der Waals surface area contributed by atoms with Crippen LogP contribution in [0.1, 0.15) is 41.6 Å². The summed E-state index contributed by atoms with van der Waals surface area (Å²) in [4.78, 5) is 11.9. The first-order valence-electron chi connectivity index (χ1n) is 6.66. The fourth-order valence-electron chi connectivity index (χ4n) is 1.36. The van der Waals surface area contributed by atoms with Crippen LogP contribution < -0.4 is 5.32 Å². The van der Waals surface area contributed by atoms with Gasteiger partial charge < -0.3 is 5.32 Å². The highest BCUT2D eigenvalue weighted by atomic mass is 16.1. The quantitative estimate of drug-likeness (QED) is 0.810. The van der Waals surface area contributed by atoms with Crippen molar-refractivity contribution >= 4 is 5.91 Å². The Morgan fingerprint density at radius 1 is 1.40 bits per heavy atom. The van der Waals surface area contributed by atoms with Gasteiger partial charge in [-0.3, -0.25) is 4.79 Å². The second-order valence-corrected chi connectivity index (χ2v) is 4.02. The molecule has 2 heteroatoms. The zero-order chi connectivity index (χ0) is 13.8. The van der Waals surface area contributed by atoms with Gasteiger partial charge in [0, 0.05) is 15.7 Å². The van der Waals surface area contributed by atoms with Crippen LogP contribution in [0.3, 0.4) is 0 Å². The summed E-state index contributed by atoms with van der Waals surface area (Å²) in [5, 5.41) is 2.60. The number of hydrogen-bond donors (Lipinski definition) is 1. The Labute approximate surface area is 95.9 Å². The maximum Gasteiger partial charge on any atom is 0.251 e. The minimum atomic E-state index is -2.17. The van der Waals surface area contributed by atoms with E-state index in [0.29, 0.717) is 12.0 Å². The second kappa shape index (κ2) is 5.54. The van der Waals surface area contributed by atoms with Crippen molar-refractivity contribution in [2.75, 3.05) is 0 Å². The molecule has 1 amide bonds. The van der Waals surface area contributed by atoms with E-state index < -0.39 is 12.9 Å². The fraction of sp³-hybridized carbons (Fsp3) is 0.462. The molecular formula is C13H19NO. The molecule has 0 unspecified atom stereocenters. The Kier molecular flexibility index (Phi) is 2.92. The Morgan fingerprint density at radius 2 is 2.07 bits per heavy atom. The third kappa shape index (κ3) is 4.15. The van der Waals surface area contributed by atoms with E-state index in [-0.39, 0.29) is 11.8 Å². The zero-order valence-corrected chi connectivity index (χ0v) is 9.16. The summed E-state index contributed by atoms with van der Waals surface area (Å²) in [6.07, 6.45) is 0.440. The van der Waals surface area contributed by atoms with Gasteiger partial charge in [-0.15, -0.1) is 0 Å². The molecule has 1 atom stereocenters. The van der Waals surface area contributed by atoms with Crippen molar-refractivity contribution in [2.45, 2.75) is 33.2 Å². The van der Waals surface area contributed by atoms with Gasteiger partial charge >= 0.3 is 0 Å². The van der Waals surface area contributed by atoms with Gasteiger partial charge in [0.15, 0.2) is 0 Å². The SMILES string of the molecule is [2H]C([2H])([2H])[C@H](CC(C)C)NC(=O)c1ccccc1. The van der Waals surface area contributed by atoms with Gasteiger partial charge in [-0.2, -0.15) is 0 Å². The van der Waals surface area contributed by atoms with Crippen molar-refractivity contribution in [1.82, 2.24) is 5.32 Å². The van der Waals surface area contributed by atoms with Gasteiger partial charge in [0.05, 0.1) is 0 Å². The lowest BCUT2D eigenvalue weighted by atomic mass is 10.0. The van der Waals surface area contributed by atoms with Crippen molar-refractivity contribution in [3.05, 3.63) is 35.9 Å². The summed E-state index contributed by atoms with van der Waals surface area (Å²) in [7, 11) is 0. The van der Waals surface area contributed by atoms with Gasteiger partial charge in [-0.05, 0) is 31.3 Å². The lowest BCUT2D eigenvalue weighted by molar-refractivity contribution is 0.0936. The minimum absolute atomic E-state index is 0.214. The van der Waals surface area contributed by atoms with Gasteiger partial charge in [-0.1, -0.05) is 32.0 Å². The summed E-state index contributed by atoms with van der Waals surface area (Å²) < 4.78 is 22.4. The largest absolute Gasteiger partial charge is 0.350 e. The predicted molar refractivity (Wildman–Crippen MR) is 62.8 cm³/mol. The van der Waals surface area contributed by atoms with Crippen LogP contribution in [-0.2, 0) is 0 Å². The van der Waals surface area contributed by atoms with Crippen LogP contribution in [0.4, 0.5) is 0 Å². The molecule has 0 fully saturated rings. The van der Waals surface area contributed by atoms with E-state index >= 15 is 0 Å². The monoisotopic (exact) mass is 208 g/mol. The molecule has 0 saturated heterocycles. The van der Waals surface area contributed by atoms with Crippen LogP contribution in [0, 0.1) is 5.92 Å². The molecular weight excluding hydrogens is 186 g/mol. The molecule has 0 aliphatic carbocycles. The Hall–Kier alpha value is -1.31. The first-order chi connectivity index (χ1) is 8.30. The highest BCUT2D eigenvalue weighted by molar-refractivity contribution is 5.94. The highest BCUT2D eigenvalue weighted by Gasteiger charge is 2.09. The maximum absolute atomic E-state index is 11.9. The second-order valence-electron chi connectivity index (χ2n) is 4.02. The van der Waals surface area contributed by atoms with Crippen molar-refractivity contribution in [2.24, 2.45) is 5.92 Å². The van der Waals surface area contributed by atoms with E-state index in [1.807, 2.05) is 19.9 Å². The van der Waals surface area contributed by atoms with Gasteiger partial charge in [0.2, 0.25) is 0 Å². The summed E-state index contributed by atoms with van der Waals surface area (Å²) >= 11 is 0. The van der Waals surface area contributed by atoms with Crippen molar-refractivity contribution < 1.29 is 8.91 Å². The van der Waals surface area contributed by atoms with Crippen molar-refractivity contribution in [3.8, 4) is 0 Å². The van der Waals surface area contributed by atoms with E-state index in [1.54, 1.807) is 24.3 Å². The number of amides is 1. The molecule has 15 heavy (non-hydrogen) atoms. The molecule has 0 bridgehead atoms. The third-order valence-electron chi connectivity index (χ3n) is 2.05. The molecule has 0 aliphatic rings. The number of hydrogen-bond acceptors (Lipinski definition) is 1. The molecule has 82 valence electrons. The third-order valence-corrected chi connectivity index (χ3v) is 2.05. The van der Waals surface area contributed by atoms with E-state index in [1.165, 1.54) is 0 Å². The molecule has 1 rings (SSSR count). The Morgan fingerprint density at radius 3 is 2.60 bits per heavy atom. The van der Waals surface area contributed by atoms with Crippen molar-refractivity contribution in [1.29, 1.82) is 0 Å². The normalized spacial score (nSPS) is 16.3. The van der Waals surface area contributed by atoms with E-state index in [4.69, 9.17) is 4.11 Å². The molecule has 1 N–H and O–H groups in total. The number of benzene rings is 1. The molecule has 0 spiro atoms. The van der Waals surface area contributed by atoms with Gasteiger partial charge in [-0.25, -0.2) is 0 Å². The van der Waals surface area contributed by atoms with Crippen LogP contribution in [0.5, 0.6) is 0 Å². The van der Waals surface area contributed by atoms with Crippen LogP contribution in [0.2, 0.25) is 0 Å². The topological polar surface area (TPSA) is 29.1 Å². The molecule has 0 heterocycles. The first kappa shape index (κ1) is 7.91. The molecule has 0 aliphatic heterocycles. The predicted octanol–water partition coefficient (Wildman–Crippen LogP) is 2.85. The van der Waals surface area contributed by atoms with E-state index in [9.17, 15) is 4.79 Å². The molecule has 2 nitrogen and oxygen atoms in total. The first-order valence-corrected chi connectivity index (χ1v) is 5.16. The number of nitrogens with one attached hydrogen (secondary N) is 1. The molecule has 0 aromatic heterocycles. The maximum atomic E-state index is 11.9. The smallest absolute Gasteiger partial charge is 0.251 e. The van der Waals surface area contributed by atoms with Crippen LogP contribution in [-0.4, -0.2) is 11.9 Å². The lowest BCUT2D eigenvalue weighted by Gasteiger charge is -2.15. The molecule has 1 aromatic rings. The Bertz CT molecular complexity index is 387. The fourth-order valence-corrected chi connectivity index (χ4v) is 1.36. The van der Waals surface area contributed by atoms with Gasteiger partial charge in [0.1, 0.15) is 0 Å². The van der Waals surface area contributed by atoms with Crippen LogP contribution >= 0.6 is 0 Å². The summed E-state index contributed by atoms with van der Waals surface area (Å²) in [6.45, 7) is 1.70.